The summed E-state index contributed by atoms with van der Waals surface area (Å²) in [6.45, 7) is 0. The first-order valence-corrected chi connectivity index (χ1v) is 7.50. The third-order valence-corrected chi connectivity index (χ3v) is 5.21. The molecule has 0 bridgehead atoms. The Morgan fingerprint density at radius 2 is 1.95 bits per heavy atom. The second-order valence-electron chi connectivity index (χ2n) is 3.52. The number of nitrogens with one attached hydrogen (secondary N) is 1. The summed E-state index contributed by atoms with van der Waals surface area (Å²) >= 11 is 6.44. The quantitative estimate of drug-likeness (QED) is 0.852. The Hall–Kier alpha value is -1.38. The van der Waals surface area contributed by atoms with Crippen LogP contribution in [-0.2, 0) is 10.0 Å². The van der Waals surface area contributed by atoms with Gasteiger partial charge in [0.1, 0.15) is 15.7 Å². The maximum atomic E-state index is 13.5. The van der Waals surface area contributed by atoms with Crippen LogP contribution in [0.3, 0.4) is 0 Å². The summed E-state index contributed by atoms with van der Waals surface area (Å²) in [7, 11) is -4.01. The van der Waals surface area contributed by atoms with Crippen molar-refractivity contribution in [3.8, 4) is 0 Å². The number of halogens is 3. The van der Waals surface area contributed by atoms with Gasteiger partial charge in [0.15, 0.2) is 5.82 Å². The van der Waals surface area contributed by atoms with Crippen LogP contribution in [0.1, 0.15) is 0 Å². The highest BCUT2D eigenvalue weighted by Crippen LogP contribution is 2.30. The molecule has 0 aliphatic rings. The van der Waals surface area contributed by atoms with Crippen molar-refractivity contribution >= 4 is 44.3 Å². The largest absolute Gasteiger partial charge is 0.397 e. The van der Waals surface area contributed by atoms with E-state index < -0.39 is 27.3 Å². The summed E-state index contributed by atoms with van der Waals surface area (Å²) in [6.07, 6.45) is 0. The lowest BCUT2D eigenvalue weighted by atomic mass is 10.2. The fourth-order valence-corrected chi connectivity index (χ4v) is 3.91. The molecule has 0 atom stereocenters. The van der Waals surface area contributed by atoms with Crippen LogP contribution in [0.5, 0.6) is 0 Å². The SMILES string of the molecule is Nc1cc(F)cc(F)c1NS(=O)(=O)c1ccc(Cl)s1. The van der Waals surface area contributed by atoms with E-state index in [0.29, 0.717) is 6.07 Å². The van der Waals surface area contributed by atoms with E-state index in [1.165, 1.54) is 12.1 Å². The molecule has 0 spiro atoms. The van der Waals surface area contributed by atoms with E-state index in [2.05, 4.69) is 0 Å². The molecule has 0 aliphatic carbocycles. The third-order valence-electron chi connectivity index (χ3n) is 2.14. The van der Waals surface area contributed by atoms with Crippen molar-refractivity contribution in [3.05, 3.63) is 40.2 Å². The topological polar surface area (TPSA) is 72.2 Å². The predicted octanol–water partition coefficient (Wildman–Crippen LogP) is 3.06. The van der Waals surface area contributed by atoms with Crippen LogP contribution in [-0.4, -0.2) is 8.42 Å². The zero-order valence-electron chi connectivity index (χ0n) is 9.15. The Kier molecular flexibility index (Phi) is 3.66. The van der Waals surface area contributed by atoms with E-state index in [4.69, 9.17) is 17.3 Å². The van der Waals surface area contributed by atoms with Gasteiger partial charge in [-0.2, -0.15) is 0 Å². The molecule has 0 saturated heterocycles. The number of sulfonamides is 1. The molecule has 102 valence electrons. The van der Waals surface area contributed by atoms with Gasteiger partial charge in [0.25, 0.3) is 10.0 Å². The lowest BCUT2D eigenvalue weighted by molar-refractivity contribution is 0.584. The van der Waals surface area contributed by atoms with Crippen molar-refractivity contribution < 1.29 is 17.2 Å². The van der Waals surface area contributed by atoms with Gasteiger partial charge >= 0.3 is 0 Å². The first-order chi connectivity index (χ1) is 8.79. The summed E-state index contributed by atoms with van der Waals surface area (Å²) in [5, 5.41) is 0. The number of thiophene rings is 1. The van der Waals surface area contributed by atoms with Gasteiger partial charge < -0.3 is 5.73 Å². The Bertz CT molecular complexity index is 708. The van der Waals surface area contributed by atoms with E-state index >= 15 is 0 Å². The normalized spacial score (nSPS) is 11.5. The highest BCUT2D eigenvalue weighted by Gasteiger charge is 2.20. The molecule has 1 aromatic heterocycles. The van der Waals surface area contributed by atoms with E-state index in [1.807, 2.05) is 4.72 Å². The zero-order valence-corrected chi connectivity index (χ0v) is 11.5. The average Bonchev–Trinajstić information content (AvgIpc) is 2.71. The first kappa shape index (κ1) is 14.0. The van der Waals surface area contributed by atoms with Crippen molar-refractivity contribution in [2.75, 3.05) is 10.5 Å². The van der Waals surface area contributed by atoms with Crippen molar-refractivity contribution in [3.63, 3.8) is 0 Å². The van der Waals surface area contributed by atoms with E-state index in [-0.39, 0.29) is 14.2 Å². The van der Waals surface area contributed by atoms with Gasteiger partial charge in [-0.15, -0.1) is 11.3 Å². The van der Waals surface area contributed by atoms with Crippen LogP contribution >= 0.6 is 22.9 Å². The predicted molar refractivity (Wildman–Crippen MR) is 70.9 cm³/mol. The maximum absolute atomic E-state index is 13.5. The van der Waals surface area contributed by atoms with Crippen LogP contribution in [0.2, 0.25) is 4.34 Å². The molecule has 2 rings (SSSR count). The van der Waals surface area contributed by atoms with Gasteiger partial charge in [-0.05, 0) is 18.2 Å². The maximum Gasteiger partial charge on any atom is 0.271 e. The third kappa shape index (κ3) is 2.96. The standard InChI is InChI=1S/C10H7ClF2N2O2S2/c11-8-1-2-9(18-8)19(16,17)15-10-6(13)3-5(12)4-7(10)14/h1-4,15H,14H2. The monoisotopic (exact) mass is 324 g/mol. The molecule has 0 unspecified atom stereocenters. The van der Waals surface area contributed by atoms with Gasteiger partial charge in [-0.1, -0.05) is 11.6 Å². The van der Waals surface area contributed by atoms with Gasteiger partial charge in [-0.3, -0.25) is 4.72 Å². The zero-order chi connectivity index (χ0) is 14.2. The Morgan fingerprint density at radius 1 is 1.26 bits per heavy atom. The van der Waals surface area contributed by atoms with Crippen LogP contribution < -0.4 is 10.5 Å². The van der Waals surface area contributed by atoms with Gasteiger partial charge in [-0.25, -0.2) is 17.2 Å². The summed E-state index contributed by atoms with van der Waals surface area (Å²) in [5.74, 6) is -1.99. The van der Waals surface area contributed by atoms with E-state index in [1.54, 1.807) is 0 Å². The second-order valence-corrected chi connectivity index (χ2v) is 7.14. The van der Waals surface area contributed by atoms with Crippen LogP contribution in [0, 0.1) is 11.6 Å². The fraction of sp³-hybridized carbons (Fsp3) is 0. The molecule has 2 aromatic rings. The lowest BCUT2D eigenvalue weighted by Crippen LogP contribution is -2.14. The van der Waals surface area contributed by atoms with Crippen LogP contribution in [0.15, 0.2) is 28.5 Å². The van der Waals surface area contributed by atoms with Gasteiger partial charge in [0.2, 0.25) is 0 Å². The van der Waals surface area contributed by atoms with Crippen molar-refractivity contribution in [2.45, 2.75) is 4.21 Å². The summed E-state index contributed by atoms with van der Waals surface area (Å²) in [5.41, 5.74) is 4.54. The smallest absolute Gasteiger partial charge is 0.271 e. The van der Waals surface area contributed by atoms with Crippen LogP contribution in [0.4, 0.5) is 20.2 Å². The summed E-state index contributed by atoms with van der Waals surface area (Å²) in [4.78, 5) is 0. The molecule has 0 radical (unpaired) electrons. The number of rotatable bonds is 3. The molecule has 1 heterocycles. The molecular weight excluding hydrogens is 318 g/mol. The molecular formula is C10H7ClF2N2O2S2. The second kappa shape index (κ2) is 4.95. The van der Waals surface area contributed by atoms with Crippen molar-refractivity contribution in [2.24, 2.45) is 0 Å². The van der Waals surface area contributed by atoms with Gasteiger partial charge in [0.05, 0.1) is 10.0 Å². The first-order valence-electron chi connectivity index (χ1n) is 4.82. The van der Waals surface area contributed by atoms with Crippen molar-refractivity contribution in [1.29, 1.82) is 0 Å². The Labute approximate surface area is 116 Å². The minimum atomic E-state index is -4.01. The number of nitrogens with two attached hydrogens (primary N) is 1. The molecule has 19 heavy (non-hydrogen) atoms. The van der Waals surface area contributed by atoms with E-state index in [9.17, 15) is 17.2 Å². The number of hydrogen-bond acceptors (Lipinski definition) is 4. The summed E-state index contributed by atoms with van der Waals surface area (Å²) < 4.78 is 52.3. The molecule has 9 heteroatoms. The molecule has 3 N–H and O–H groups in total. The highest BCUT2D eigenvalue weighted by atomic mass is 35.5. The van der Waals surface area contributed by atoms with Crippen molar-refractivity contribution in [1.82, 2.24) is 0 Å². The molecule has 0 aliphatic heterocycles. The minimum absolute atomic E-state index is 0.0966. The Balaban J connectivity index is 2.41. The molecule has 0 fully saturated rings. The fourth-order valence-electron chi connectivity index (χ4n) is 1.33. The minimum Gasteiger partial charge on any atom is -0.397 e. The average molecular weight is 325 g/mol. The molecule has 1 aromatic carbocycles. The number of anilines is 2. The lowest BCUT2D eigenvalue weighted by Gasteiger charge is -2.10. The number of benzene rings is 1. The number of nitrogen functional groups attached to an aromatic ring is 1. The Morgan fingerprint density at radius 3 is 2.47 bits per heavy atom. The van der Waals surface area contributed by atoms with E-state index in [0.717, 1.165) is 17.4 Å². The van der Waals surface area contributed by atoms with Crippen LogP contribution in [0.25, 0.3) is 0 Å². The molecule has 0 saturated carbocycles. The number of hydrogen-bond donors (Lipinski definition) is 2. The molecule has 4 nitrogen and oxygen atoms in total. The van der Waals surface area contributed by atoms with Gasteiger partial charge in [0, 0.05) is 6.07 Å². The summed E-state index contributed by atoms with van der Waals surface area (Å²) in [6, 6.07) is 4.02. The highest BCUT2D eigenvalue weighted by molar-refractivity contribution is 7.94. The molecule has 0 amide bonds.